The van der Waals surface area contributed by atoms with Gasteiger partial charge in [0.25, 0.3) is 0 Å². The largest absolute Gasteiger partial charge is 0.462 e. The van der Waals surface area contributed by atoms with E-state index < -0.39 is 0 Å². The Morgan fingerprint density at radius 1 is 1.25 bits per heavy atom. The van der Waals surface area contributed by atoms with Crippen LogP contribution in [0.5, 0.6) is 0 Å². The van der Waals surface area contributed by atoms with E-state index in [-0.39, 0.29) is 12.1 Å². The van der Waals surface area contributed by atoms with E-state index in [1.165, 1.54) is 6.08 Å². The van der Waals surface area contributed by atoms with Crippen molar-refractivity contribution in [3.8, 4) is 0 Å². The lowest BCUT2D eigenvalue weighted by Gasteiger charge is -2.16. The Balaban J connectivity index is 3.66. The lowest BCUT2D eigenvalue weighted by molar-refractivity contribution is -0.138. The molecule has 0 amide bonds. The molecule has 0 aromatic heterocycles. The molecule has 1 unspecified atom stereocenters. The monoisotopic (exact) mass is 228 g/mol. The molecule has 0 aromatic carbocycles. The Bertz CT molecular complexity index is 190. The average molecular weight is 228 g/mol. The molecule has 0 aliphatic heterocycles. The Hall–Kier alpha value is -0.830. The molecule has 3 nitrogen and oxygen atoms in total. The number of unbranched alkanes of at least 4 members (excludes halogenated alkanes) is 1. The van der Waals surface area contributed by atoms with Crippen molar-refractivity contribution in [2.24, 2.45) is 0 Å². The van der Waals surface area contributed by atoms with Crippen LogP contribution < -0.4 is 0 Å². The summed E-state index contributed by atoms with van der Waals surface area (Å²) in [7, 11) is 0. The first-order valence-electron chi connectivity index (χ1n) is 6.15. The number of ether oxygens (including phenoxy) is 2. The minimum absolute atomic E-state index is 0.217. The quantitative estimate of drug-likeness (QED) is 0.327. The summed E-state index contributed by atoms with van der Waals surface area (Å²) in [6, 6.07) is 0. The summed E-state index contributed by atoms with van der Waals surface area (Å²) in [5.74, 6) is -0.358. The Morgan fingerprint density at radius 3 is 2.56 bits per heavy atom. The van der Waals surface area contributed by atoms with Gasteiger partial charge in [0.1, 0.15) is 0 Å². The topological polar surface area (TPSA) is 35.5 Å². The highest BCUT2D eigenvalue weighted by Gasteiger charge is 2.08. The third-order valence-electron chi connectivity index (χ3n) is 2.31. The van der Waals surface area contributed by atoms with Crippen molar-refractivity contribution in [3.63, 3.8) is 0 Å². The summed E-state index contributed by atoms with van der Waals surface area (Å²) in [6.07, 6.45) is 6.52. The van der Waals surface area contributed by atoms with Crippen molar-refractivity contribution in [3.05, 3.63) is 12.7 Å². The van der Waals surface area contributed by atoms with E-state index >= 15 is 0 Å². The Kier molecular flexibility index (Phi) is 10.1. The van der Waals surface area contributed by atoms with Crippen molar-refractivity contribution < 1.29 is 14.3 Å². The standard InChI is InChI=1S/C13H24O3/c1-4-7-10-15-12(8-5-2)9-11-16-13(14)6-3/h6,12H,3-5,7-11H2,1-2H3. The fourth-order valence-corrected chi connectivity index (χ4v) is 1.38. The van der Waals surface area contributed by atoms with Crippen LogP contribution in [0.4, 0.5) is 0 Å². The normalized spacial score (nSPS) is 12.1. The molecule has 0 aromatic rings. The van der Waals surface area contributed by atoms with Gasteiger partial charge in [-0.3, -0.25) is 0 Å². The number of hydrogen-bond donors (Lipinski definition) is 0. The second-order valence-electron chi connectivity index (χ2n) is 3.80. The lowest BCUT2D eigenvalue weighted by Crippen LogP contribution is -2.17. The summed E-state index contributed by atoms with van der Waals surface area (Å²) in [6.45, 7) is 8.84. The summed E-state index contributed by atoms with van der Waals surface area (Å²) in [5.41, 5.74) is 0. The molecule has 0 radical (unpaired) electrons. The highest BCUT2D eigenvalue weighted by molar-refractivity contribution is 5.81. The molecule has 0 saturated heterocycles. The Morgan fingerprint density at radius 2 is 2.00 bits per heavy atom. The Labute approximate surface area is 98.8 Å². The number of hydrogen-bond acceptors (Lipinski definition) is 3. The molecule has 1 atom stereocenters. The number of carbonyl (C=O) groups is 1. The van der Waals surface area contributed by atoms with Crippen LogP contribution in [-0.4, -0.2) is 25.3 Å². The summed E-state index contributed by atoms with van der Waals surface area (Å²) in [5, 5.41) is 0. The molecule has 16 heavy (non-hydrogen) atoms. The predicted octanol–water partition coefficient (Wildman–Crippen LogP) is 3.09. The van der Waals surface area contributed by atoms with E-state index in [9.17, 15) is 4.79 Å². The molecule has 0 aliphatic rings. The third-order valence-corrected chi connectivity index (χ3v) is 2.31. The van der Waals surface area contributed by atoms with Gasteiger partial charge in [0.05, 0.1) is 12.7 Å². The van der Waals surface area contributed by atoms with Crippen LogP contribution in [0.1, 0.15) is 46.0 Å². The minimum Gasteiger partial charge on any atom is -0.462 e. The second kappa shape index (κ2) is 10.7. The van der Waals surface area contributed by atoms with Crippen LogP contribution in [0.15, 0.2) is 12.7 Å². The fraction of sp³-hybridized carbons (Fsp3) is 0.769. The maximum absolute atomic E-state index is 10.8. The summed E-state index contributed by atoms with van der Waals surface area (Å²) >= 11 is 0. The van der Waals surface area contributed by atoms with Gasteiger partial charge in [0.15, 0.2) is 0 Å². The van der Waals surface area contributed by atoms with Gasteiger partial charge in [-0.1, -0.05) is 33.3 Å². The molecule has 94 valence electrons. The number of carbonyl (C=O) groups excluding carboxylic acids is 1. The molecule has 0 heterocycles. The maximum atomic E-state index is 10.8. The van der Waals surface area contributed by atoms with Gasteiger partial charge in [-0.05, 0) is 12.8 Å². The number of esters is 1. The van der Waals surface area contributed by atoms with Crippen molar-refractivity contribution in [2.75, 3.05) is 13.2 Å². The van der Waals surface area contributed by atoms with Gasteiger partial charge in [0.2, 0.25) is 0 Å². The maximum Gasteiger partial charge on any atom is 0.330 e. The van der Waals surface area contributed by atoms with E-state index in [0.717, 1.165) is 38.7 Å². The second-order valence-corrected chi connectivity index (χ2v) is 3.80. The molecule has 0 bridgehead atoms. The van der Waals surface area contributed by atoms with E-state index in [4.69, 9.17) is 9.47 Å². The van der Waals surface area contributed by atoms with Gasteiger partial charge in [0, 0.05) is 19.1 Å². The molecular weight excluding hydrogens is 204 g/mol. The first-order chi connectivity index (χ1) is 7.74. The molecule has 0 N–H and O–H groups in total. The molecule has 0 aliphatic carbocycles. The summed E-state index contributed by atoms with van der Waals surface area (Å²) < 4.78 is 10.7. The van der Waals surface area contributed by atoms with Gasteiger partial charge in [-0.2, -0.15) is 0 Å². The van der Waals surface area contributed by atoms with Gasteiger partial charge in [-0.15, -0.1) is 0 Å². The first-order valence-corrected chi connectivity index (χ1v) is 6.15. The third kappa shape index (κ3) is 8.48. The van der Waals surface area contributed by atoms with Crippen LogP contribution in [0.3, 0.4) is 0 Å². The molecule has 0 spiro atoms. The average Bonchev–Trinajstić information content (AvgIpc) is 2.29. The number of rotatable bonds is 10. The van der Waals surface area contributed by atoms with Crippen molar-refractivity contribution >= 4 is 5.97 Å². The first kappa shape index (κ1) is 15.2. The highest BCUT2D eigenvalue weighted by Crippen LogP contribution is 2.08. The molecule has 3 heteroatoms. The fourth-order valence-electron chi connectivity index (χ4n) is 1.38. The van der Waals surface area contributed by atoms with E-state index in [0.29, 0.717) is 6.61 Å². The van der Waals surface area contributed by atoms with Gasteiger partial charge in [-0.25, -0.2) is 4.79 Å². The predicted molar refractivity (Wildman–Crippen MR) is 65.3 cm³/mol. The molecule has 0 rings (SSSR count). The zero-order valence-corrected chi connectivity index (χ0v) is 10.5. The van der Waals surface area contributed by atoms with E-state index in [2.05, 4.69) is 20.4 Å². The zero-order valence-electron chi connectivity index (χ0n) is 10.5. The van der Waals surface area contributed by atoms with Crippen LogP contribution in [-0.2, 0) is 14.3 Å². The minimum atomic E-state index is -0.358. The molecule has 0 fully saturated rings. The van der Waals surface area contributed by atoms with E-state index in [1.54, 1.807) is 0 Å². The van der Waals surface area contributed by atoms with Crippen LogP contribution in [0.2, 0.25) is 0 Å². The zero-order chi connectivity index (χ0) is 12.2. The van der Waals surface area contributed by atoms with Gasteiger partial charge >= 0.3 is 5.97 Å². The van der Waals surface area contributed by atoms with Crippen molar-refractivity contribution in [1.82, 2.24) is 0 Å². The van der Waals surface area contributed by atoms with Crippen LogP contribution in [0, 0.1) is 0 Å². The highest BCUT2D eigenvalue weighted by atomic mass is 16.5. The molecule has 0 saturated carbocycles. The van der Waals surface area contributed by atoms with Crippen molar-refractivity contribution in [2.45, 2.75) is 52.1 Å². The molecular formula is C13H24O3. The van der Waals surface area contributed by atoms with Crippen LogP contribution >= 0.6 is 0 Å². The van der Waals surface area contributed by atoms with Crippen LogP contribution in [0.25, 0.3) is 0 Å². The SMILES string of the molecule is C=CC(=O)OCCC(CCC)OCCCC. The van der Waals surface area contributed by atoms with Crippen molar-refractivity contribution in [1.29, 1.82) is 0 Å². The van der Waals surface area contributed by atoms with Gasteiger partial charge < -0.3 is 9.47 Å². The smallest absolute Gasteiger partial charge is 0.330 e. The lowest BCUT2D eigenvalue weighted by atomic mass is 10.1. The van der Waals surface area contributed by atoms with E-state index in [1.807, 2.05) is 0 Å². The summed E-state index contributed by atoms with van der Waals surface area (Å²) in [4.78, 5) is 10.8.